The Bertz CT molecular complexity index is 1900. The number of H-pyrrole nitrogens is 1. The molecule has 0 spiro atoms. The average molecular weight is 663 g/mol. The summed E-state index contributed by atoms with van der Waals surface area (Å²) in [6.07, 6.45) is 3.37. The molecule has 6 atom stereocenters. The van der Waals surface area contributed by atoms with Crippen molar-refractivity contribution in [2.45, 2.75) is 37.5 Å². The molecule has 7 rings (SSSR count). The van der Waals surface area contributed by atoms with Crippen LogP contribution in [0.2, 0.25) is 0 Å². The van der Waals surface area contributed by atoms with E-state index < -0.39 is 47.3 Å². The standard InChI is InChI=1S/C34H34N2O12/c1-16-12-36(34(40)35-32(16)38)27-6-5-18(48-27)13-44-28(37)11-20-19-9-23-24(47-15-46-23)10-21(19)29(30-22(20)14-45-33(30)39)17-7-25(41-2)31(43-4)26(8-17)42-3/h5-10,12,18,20,22,27,29-30H,11,13-15H2,1-4H3,(H,35,38,40)/t18-,20+,22+,27+,29+,30-/m0/s1. The Labute approximate surface area is 274 Å². The molecule has 48 heavy (non-hydrogen) atoms. The van der Waals surface area contributed by atoms with Gasteiger partial charge in [0, 0.05) is 29.5 Å². The van der Waals surface area contributed by atoms with Crippen LogP contribution in [0.15, 0.2) is 52.2 Å². The van der Waals surface area contributed by atoms with E-state index in [1.54, 1.807) is 19.1 Å². The van der Waals surface area contributed by atoms with Crippen molar-refractivity contribution in [1.29, 1.82) is 0 Å². The molecule has 3 aromatic rings. The SMILES string of the molecule is COc1cc([C@@H]2c3cc4c(cc3[C@@H](CC(=O)OC[C@@H]3C=C[C@H](n5cc(C)c(=O)[nH]c5=O)O3)[C@H]3COC(=O)[C@H]23)OCO4)cc(OC)c1OC. The first kappa shape index (κ1) is 31.4. The Balaban J connectivity index is 1.16. The van der Waals surface area contributed by atoms with Crippen molar-refractivity contribution in [3.05, 3.63) is 85.7 Å². The van der Waals surface area contributed by atoms with Crippen LogP contribution < -0.4 is 34.9 Å². The first-order valence-corrected chi connectivity index (χ1v) is 15.4. The number of nitrogens with zero attached hydrogens (tertiary/aromatic N) is 1. The highest BCUT2D eigenvalue weighted by atomic mass is 16.7. The number of esters is 2. The van der Waals surface area contributed by atoms with Gasteiger partial charge < -0.3 is 37.9 Å². The van der Waals surface area contributed by atoms with E-state index in [1.165, 1.54) is 32.1 Å². The number of carbonyl (C=O) groups excluding carboxylic acids is 2. The lowest BCUT2D eigenvalue weighted by Gasteiger charge is -2.39. The minimum atomic E-state index is -0.763. The predicted molar refractivity (Wildman–Crippen MR) is 166 cm³/mol. The van der Waals surface area contributed by atoms with Crippen molar-refractivity contribution < 1.29 is 47.5 Å². The minimum Gasteiger partial charge on any atom is -0.493 e. The third-order valence-corrected chi connectivity index (χ3v) is 9.41. The molecule has 1 saturated heterocycles. The highest BCUT2D eigenvalue weighted by molar-refractivity contribution is 5.80. The maximum atomic E-state index is 13.5. The molecule has 252 valence electrons. The van der Waals surface area contributed by atoms with Crippen molar-refractivity contribution in [2.75, 3.05) is 41.3 Å². The number of aromatic nitrogens is 2. The van der Waals surface area contributed by atoms with Crippen LogP contribution in [-0.2, 0) is 23.8 Å². The van der Waals surface area contributed by atoms with Gasteiger partial charge in [-0.2, -0.15) is 0 Å². The van der Waals surface area contributed by atoms with Crippen LogP contribution in [-0.4, -0.2) is 68.9 Å². The van der Waals surface area contributed by atoms with E-state index in [-0.39, 0.29) is 38.3 Å². The van der Waals surface area contributed by atoms with Gasteiger partial charge in [-0.05, 0) is 54.0 Å². The van der Waals surface area contributed by atoms with Gasteiger partial charge in [-0.3, -0.25) is 23.9 Å². The number of ether oxygens (including phenoxy) is 8. The van der Waals surface area contributed by atoms with Gasteiger partial charge in [-0.25, -0.2) is 4.79 Å². The van der Waals surface area contributed by atoms with Crippen LogP contribution in [0.1, 0.15) is 46.7 Å². The highest BCUT2D eigenvalue weighted by Gasteiger charge is 2.53. The summed E-state index contributed by atoms with van der Waals surface area (Å²) in [6.45, 7) is 1.67. The van der Waals surface area contributed by atoms with Crippen LogP contribution in [0.5, 0.6) is 28.7 Å². The second-order valence-corrected chi connectivity index (χ2v) is 12.0. The lowest BCUT2D eigenvalue weighted by molar-refractivity contribution is -0.149. The van der Waals surface area contributed by atoms with Gasteiger partial charge in [-0.15, -0.1) is 0 Å². The second-order valence-electron chi connectivity index (χ2n) is 12.0. The maximum absolute atomic E-state index is 13.5. The lowest BCUT2D eigenvalue weighted by Crippen LogP contribution is -2.36. The third-order valence-electron chi connectivity index (χ3n) is 9.41. The van der Waals surface area contributed by atoms with E-state index in [0.717, 1.165) is 16.7 Å². The first-order chi connectivity index (χ1) is 23.2. The number of rotatable bonds is 9. The Morgan fingerprint density at radius 1 is 0.938 bits per heavy atom. The number of methoxy groups -OCH3 is 3. The van der Waals surface area contributed by atoms with Gasteiger partial charge in [0.25, 0.3) is 5.56 Å². The number of hydrogen-bond acceptors (Lipinski definition) is 12. The highest BCUT2D eigenvalue weighted by Crippen LogP contribution is 2.57. The van der Waals surface area contributed by atoms with Crippen molar-refractivity contribution >= 4 is 11.9 Å². The zero-order valence-corrected chi connectivity index (χ0v) is 26.7. The summed E-state index contributed by atoms with van der Waals surface area (Å²) in [4.78, 5) is 53.2. The summed E-state index contributed by atoms with van der Waals surface area (Å²) in [6, 6.07) is 7.38. The number of aryl methyl sites for hydroxylation is 1. The van der Waals surface area contributed by atoms with E-state index >= 15 is 0 Å². The molecular weight excluding hydrogens is 628 g/mol. The Morgan fingerprint density at radius 3 is 2.33 bits per heavy atom. The normalized spacial score (nSPS) is 24.9. The number of hydrogen-bond donors (Lipinski definition) is 1. The van der Waals surface area contributed by atoms with Crippen LogP contribution in [0.4, 0.5) is 0 Å². The van der Waals surface area contributed by atoms with E-state index in [2.05, 4.69) is 4.98 Å². The molecule has 0 amide bonds. The molecule has 0 saturated carbocycles. The van der Waals surface area contributed by atoms with E-state index in [1.807, 2.05) is 24.3 Å². The summed E-state index contributed by atoms with van der Waals surface area (Å²) >= 11 is 0. The monoisotopic (exact) mass is 662 g/mol. The van der Waals surface area contributed by atoms with Gasteiger partial charge in [0.15, 0.2) is 29.2 Å². The smallest absolute Gasteiger partial charge is 0.330 e. The van der Waals surface area contributed by atoms with Crippen LogP contribution in [0, 0.1) is 18.8 Å². The number of aromatic amines is 1. The summed E-state index contributed by atoms with van der Waals surface area (Å²) < 4.78 is 46.7. The predicted octanol–water partition coefficient (Wildman–Crippen LogP) is 2.70. The van der Waals surface area contributed by atoms with Gasteiger partial charge in [0.05, 0.1) is 40.3 Å². The molecule has 3 aliphatic heterocycles. The molecule has 1 aromatic heterocycles. The lowest BCUT2D eigenvalue weighted by atomic mass is 9.62. The summed E-state index contributed by atoms with van der Waals surface area (Å²) in [7, 11) is 4.57. The molecular formula is C34H34N2O12. The first-order valence-electron chi connectivity index (χ1n) is 15.4. The van der Waals surface area contributed by atoms with Gasteiger partial charge in [0.1, 0.15) is 12.7 Å². The Kier molecular flexibility index (Phi) is 8.11. The van der Waals surface area contributed by atoms with Crippen molar-refractivity contribution in [1.82, 2.24) is 9.55 Å². The minimum absolute atomic E-state index is 0.0368. The largest absolute Gasteiger partial charge is 0.493 e. The Morgan fingerprint density at radius 2 is 1.65 bits per heavy atom. The number of benzene rings is 2. The molecule has 2 aromatic carbocycles. The molecule has 0 bridgehead atoms. The van der Waals surface area contributed by atoms with E-state index in [4.69, 9.17) is 37.9 Å². The van der Waals surface area contributed by atoms with Crippen molar-refractivity contribution in [2.24, 2.45) is 11.8 Å². The zero-order valence-electron chi connectivity index (χ0n) is 26.7. The van der Waals surface area contributed by atoms with Gasteiger partial charge in [-0.1, -0.05) is 6.08 Å². The van der Waals surface area contributed by atoms with Crippen LogP contribution >= 0.6 is 0 Å². The number of cyclic esters (lactones) is 1. The number of fused-ring (bicyclic) bond motifs is 3. The van der Waals surface area contributed by atoms with Crippen molar-refractivity contribution in [3.8, 4) is 28.7 Å². The van der Waals surface area contributed by atoms with Gasteiger partial charge in [0.2, 0.25) is 12.5 Å². The fourth-order valence-corrected chi connectivity index (χ4v) is 7.15. The van der Waals surface area contributed by atoms with Crippen LogP contribution in [0.25, 0.3) is 0 Å². The zero-order chi connectivity index (χ0) is 33.7. The second kappa shape index (κ2) is 12.4. The fraction of sp³-hybridized carbons (Fsp3) is 0.412. The van der Waals surface area contributed by atoms with E-state index in [0.29, 0.717) is 34.3 Å². The van der Waals surface area contributed by atoms with E-state index in [9.17, 15) is 19.2 Å². The quantitative estimate of drug-likeness (QED) is 0.264. The van der Waals surface area contributed by atoms with Gasteiger partial charge >= 0.3 is 17.6 Å². The Hall–Kier alpha value is -5.24. The fourth-order valence-electron chi connectivity index (χ4n) is 7.15. The summed E-state index contributed by atoms with van der Waals surface area (Å²) in [5, 5.41) is 0. The molecule has 1 fully saturated rings. The molecule has 1 aliphatic carbocycles. The van der Waals surface area contributed by atoms with Crippen molar-refractivity contribution in [3.63, 3.8) is 0 Å². The average Bonchev–Trinajstić information content (AvgIpc) is 3.84. The molecule has 4 heterocycles. The maximum Gasteiger partial charge on any atom is 0.330 e. The number of nitrogens with one attached hydrogen (secondary N) is 1. The van der Waals surface area contributed by atoms with Crippen LogP contribution in [0.3, 0.4) is 0 Å². The molecule has 0 unspecified atom stereocenters. The summed E-state index contributed by atoms with van der Waals surface area (Å²) in [5.41, 5.74) is 1.64. The third kappa shape index (κ3) is 5.35. The number of carbonyl (C=O) groups is 2. The molecule has 0 radical (unpaired) electrons. The molecule has 14 heteroatoms. The molecule has 14 nitrogen and oxygen atoms in total. The summed E-state index contributed by atoms with van der Waals surface area (Å²) in [5.74, 6) is -0.390. The molecule has 4 aliphatic rings. The molecule has 1 N–H and O–H groups in total. The topological polar surface area (TPSA) is 163 Å².